The van der Waals surface area contributed by atoms with Crippen molar-refractivity contribution >= 4 is 39.5 Å². The summed E-state index contributed by atoms with van der Waals surface area (Å²) in [4.78, 5) is 73.3. The van der Waals surface area contributed by atoms with Crippen LogP contribution in [-0.4, -0.2) is 96.7 Å². The highest BCUT2D eigenvalue weighted by Gasteiger charge is 2.31. The molecule has 6 atom stereocenters. The van der Waals surface area contributed by atoms with Gasteiger partial charge in [0.05, 0.1) is 26.4 Å². The Bertz CT molecular complexity index is 2060. The van der Waals surface area contributed by atoms with Crippen LogP contribution >= 0.6 is 15.6 Å². The van der Waals surface area contributed by atoms with E-state index < -0.39 is 97.5 Å². The number of phosphoric ester groups is 2. The maximum atomic E-state index is 13.2. The molecule has 0 saturated carbocycles. The van der Waals surface area contributed by atoms with E-state index in [9.17, 15) is 43.2 Å². The lowest BCUT2D eigenvalue weighted by Gasteiger charge is -2.21. The van der Waals surface area contributed by atoms with Gasteiger partial charge in [0.2, 0.25) is 0 Å². The first kappa shape index (κ1) is 105. The SMILES string of the molecule is CCCCCCCCCCCCCCCCCCCCCCCC(=O)O[C@H](COC(=O)CCCCCCCCCCCCCCCCCC(C)C)COP(=O)(O)OC[C@@H](O)COP(=O)(O)OC[C@@H](COC(=O)CCCCCCCCCC(C)C)OC(=O)CCCCCCCCCCCCCCCCC(C)CC. The van der Waals surface area contributed by atoms with Crippen LogP contribution in [0, 0.1) is 17.8 Å². The number of hydrogen-bond donors (Lipinski definition) is 3. The van der Waals surface area contributed by atoms with Gasteiger partial charge < -0.3 is 33.8 Å². The molecule has 0 rings (SSSR count). The summed E-state index contributed by atoms with van der Waals surface area (Å²) < 4.78 is 68.9. The molecular weight excluding hydrogens is 1390 g/mol. The van der Waals surface area contributed by atoms with E-state index in [2.05, 4.69) is 48.5 Å². The maximum absolute atomic E-state index is 13.2. The molecular formula is C88H172O17P2. The van der Waals surface area contributed by atoms with Crippen molar-refractivity contribution in [1.82, 2.24) is 0 Å². The summed E-state index contributed by atoms with van der Waals surface area (Å²) in [6.45, 7) is 12.0. The summed E-state index contributed by atoms with van der Waals surface area (Å²) in [7, 11) is -9.93. The zero-order chi connectivity index (χ0) is 78.6. The molecule has 0 aliphatic carbocycles. The average Bonchev–Trinajstić information content (AvgIpc) is 0.900. The van der Waals surface area contributed by atoms with E-state index in [1.54, 1.807) is 0 Å². The monoisotopic (exact) mass is 1560 g/mol. The zero-order valence-corrected chi connectivity index (χ0v) is 72.4. The molecule has 17 nitrogen and oxygen atoms in total. The van der Waals surface area contributed by atoms with Crippen molar-refractivity contribution in [2.75, 3.05) is 39.6 Å². The molecule has 0 aromatic heterocycles. The molecule has 0 aliphatic heterocycles. The van der Waals surface area contributed by atoms with Crippen LogP contribution in [0.25, 0.3) is 0 Å². The number of unbranched alkanes of at least 4 members (excludes halogenated alkanes) is 53. The van der Waals surface area contributed by atoms with Crippen molar-refractivity contribution in [1.29, 1.82) is 0 Å². The molecule has 3 N–H and O–H groups in total. The molecule has 0 aromatic rings. The minimum absolute atomic E-state index is 0.107. The van der Waals surface area contributed by atoms with Gasteiger partial charge in [-0.3, -0.25) is 37.3 Å². The summed E-state index contributed by atoms with van der Waals surface area (Å²) in [5.74, 6) is 0.253. The van der Waals surface area contributed by atoms with Crippen molar-refractivity contribution in [3.8, 4) is 0 Å². The fourth-order valence-corrected chi connectivity index (χ4v) is 15.3. The number of carbonyl (C=O) groups is 4. The first-order valence-corrected chi connectivity index (χ1v) is 48.4. The molecule has 0 fully saturated rings. The number of phosphoric acid groups is 2. The third-order valence-corrected chi connectivity index (χ3v) is 22.9. The first-order chi connectivity index (χ1) is 51.8. The Morgan fingerprint density at radius 2 is 0.477 bits per heavy atom. The summed E-state index contributed by atoms with van der Waals surface area (Å²) >= 11 is 0. The largest absolute Gasteiger partial charge is 0.472 e. The van der Waals surface area contributed by atoms with Gasteiger partial charge in [0.1, 0.15) is 19.3 Å². The van der Waals surface area contributed by atoms with Crippen LogP contribution in [0.15, 0.2) is 0 Å². The molecule has 0 bridgehead atoms. The predicted molar refractivity (Wildman–Crippen MR) is 441 cm³/mol. The third-order valence-electron chi connectivity index (χ3n) is 21.0. The highest BCUT2D eigenvalue weighted by Crippen LogP contribution is 2.45. The summed E-state index contributed by atoms with van der Waals surface area (Å²) in [6.07, 6.45) is 69.5. The van der Waals surface area contributed by atoms with Crippen LogP contribution in [0.1, 0.15) is 466 Å². The smallest absolute Gasteiger partial charge is 0.462 e. The lowest BCUT2D eigenvalue weighted by atomic mass is 9.99. The molecule has 0 spiro atoms. The Kier molecular flexibility index (Phi) is 76.6. The summed E-state index contributed by atoms with van der Waals surface area (Å²) in [6, 6.07) is 0. The number of hydrogen-bond acceptors (Lipinski definition) is 15. The highest BCUT2D eigenvalue weighted by atomic mass is 31.2. The van der Waals surface area contributed by atoms with Crippen molar-refractivity contribution in [2.45, 2.75) is 484 Å². The number of rotatable bonds is 86. The van der Waals surface area contributed by atoms with E-state index in [1.807, 2.05) is 0 Å². The highest BCUT2D eigenvalue weighted by molar-refractivity contribution is 7.47. The van der Waals surface area contributed by atoms with Gasteiger partial charge in [-0.15, -0.1) is 0 Å². The van der Waals surface area contributed by atoms with Crippen molar-refractivity contribution < 1.29 is 80.2 Å². The predicted octanol–water partition coefficient (Wildman–Crippen LogP) is 26.9. The van der Waals surface area contributed by atoms with Crippen LogP contribution in [0.2, 0.25) is 0 Å². The van der Waals surface area contributed by atoms with E-state index >= 15 is 0 Å². The van der Waals surface area contributed by atoms with E-state index in [1.165, 1.54) is 270 Å². The molecule has 107 heavy (non-hydrogen) atoms. The van der Waals surface area contributed by atoms with Gasteiger partial charge in [0.15, 0.2) is 12.2 Å². The molecule has 0 aromatic carbocycles. The quantitative estimate of drug-likeness (QED) is 0.0222. The standard InChI is InChI=1S/C88H172O17P2/c1-8-10-11-12-13-14-15-16-17-18-19-20-21-22-25-32-37-42-49-57-64-71-87(92)104-83(75-98-85(90)69-62-55-48-41-36-31-26-23-24-29-34-39-45-52-59-66-79(3)4)77-102-106(94,95)100-73-82(89)74-101-107(96,97)103-78-84(76-99-86(91)70-63-56-51-44-46-53-60-67-80(5)6)105-88(93)72-65-58-50-43-38-33-28-27-30-35-40-47-54-61-68-81(7)9-2/h79-84,89H,8-78H2,1-7H3,(H,94,95)(H,96,97)/t81?,82-,83-,84-/m1/s1. The maximum Gasteiger partial charge on any atom is 0.472 e. The summed E-state index contributed by atoms with van der Waals surface area (Å²) in [5, 5.41) is 10.7. The van der Waals surface area contributed by atoms with Crippen molar-refractivity contribution in [3.63, 3.8) is 0 Å². The molecule has 0 amide bonds. The normalized spacial score (nSPS) is 14.1. The van der Waals surface area contributed by atoms with E-state index in [0.29, 0.717) is 31.6 Å². The van der Waals surface area contributed by atoms with Crippen LogP contribution in [0.4, 0.5) is 0 Å². The number of esters is 4. The van der Waals surface area contributed by atoms with Gasteiger partial charge >= 0.3 is 39.5 Å². The molecule has 0 heterocycles. The van der Waals surface area contributed by atoms with E-state index in [-0.39, 0.29) is 25.7 Å². The van der Waals surface area contributed by atoms with E-state index in [4.69, 9.17) is 37.0 Å². The van der Waals surface area contributed by atoms with Crippen molar-refractivity contribution in [2.24, 2.45) is 17.8 Å². The van der Waals surface area contributed by atoms with Gasteiger partial charge in [-0.1, -0.05) is 414 Å². The Morgan fingerprint density at radius 3 is 0.710 bits per heavy atom. The van der Waals surface area contributed by atoms with Crippen LogP contribution in [-0.2, 0) is 65.4 Å². The number of ether oxygens (including phenoxy) is 4. The minimum atomic E-state index is -4.97. The number of aliphatic hydroxyl groups is 1. The lowest BCUT2D eigenvalue weighted by Crippen LogP contribution is -2.30. The first-order valence-electron chi connectivity index (χ1n) is 45.4. The third kappa shape index (κ3) is 80.5. The fraction of sp³-hybridized carbons (Fsp3) is 0.955. The van der Waals surface area contributed by atoms with E-state index in [0.717, 1.165) is 108 Å². The molecule has 636 valence electrons. The van der Waals surface area contributed by atoms with Crippen molar-refractivity contribution in [3.05, 3.63) is 0 Å². The second-order valence-corrected chi connectivity index (χ2v) is 35.7. The van der Waals surface area contributed by atoms with Gasteiger partial charge in [0.25, 0.3) is 0 Å². The topological polar surface area (TPSA) is 237 Å². The van der Waals surface area contributed by atoms with Gasteiger partial charge in [-0.2, -0.15) is 0 Å². The van der Waals surface area contributed by atoms with Crippen LogP contribution in [0.5, 0.6) is 0 Å². The molecule has 3 unspecified atom stereocenters. The molecule has 0 saturated heterocycles. The zero-order valence-electron chi connectivity index (χ0n) is 70.6. The molecule has 0 aliphatic rings. The fourth-order valence-electron chi connectivity index (χ4n) is 13.7. The molecule has 0 radical (unpaired) electrons. The Morgan fingerprint density at radius 1 is 0.271 bits per heavy atom. The van der Waals surface area contributed by atoms with Gasteiger partial charge in [-0.05, 0) is 43.4 Å². The molecule has 19 heteroatoms. The Labute approximate surface area is 658 Å². The lowest BCUT2D eigenvalue weighted by molar-refractivity contribution is -0.161. The second-order valence-electron chi connectivity index (χ2n) is 32.8. The number of carbonyl (C=O) groups excluding carboxylic acids is 4. The minimum Gasteiger partial charge on any atom is -0.462 e. The average molecular weight is 1560 g/mol. The van der Waals surface area contributed by atoms with Crippen LogP contribution in [0.3, 0.4) is 0 Å². The van der Waals surface area contributed by atoms with Gasteiger partial charge in [0, 0.05) is 25.7 Å². The second kappa shape index (κ2) is 78.0. The Hall–Kier alpha value is -1.94. The Balaban J connectivity index is 5.23. The van der Waals surface area contributed by atoms with Crippen LogP contribution < -0.4 is 0 Å². The summed E-state index contributed by atoms with van der Waals surface area (Å²) in [5.41, 5.74) is 0. The number of aliphatic hydroxyl groups excluding tert-OH is 1. The van der Waals surface area contributed by atoms with Gasteiger partial charge in [-0.25, -0.2) is 9.13 Å².